The van der Waals surface area contributed by atoms with Crippen LogP contribution in [-0.2, 0) is 9.53 Å². The molecule has 3 fully saturated rings. The van der Waals surface area contributed by atoms with Crippen molar-refractivity contribution in [1.82, 2.24) is 24.8 Å². The highest BCUT2D eigenvalue weighted by Gasteiger charge is 2.38. The number of likely N-dealkylation sites (tertiary alicyclic amines) is 1. The minimum absolute atomic E-state index is 0.0250. The number of carbonyl (C=O) groups excluding carboxylic acids is 1. The fourth-order valence-corrected chi connectivity index (χ4v) is 7.33. The molecule has 3 aliphatic heterocycles. The molecule has 3 atom stereocenters. The van der Waals surface area contributed by atoms with E-state index >= 15 is 4.39 Å². The molecule has 0 saturated carbocycles. The van der Waals surface area contributed by atoms with E-state index in [0.717, 1.165) is 44.0 Å². The second-order valence-electron chi connectivity index (χ2n) is 12.2. The zero-order valence-corrected chi connectivity index (χ0v) is 27.0. The quantitative estimate of drug-likeness (QED) is 0.163. The Morgan fingerprint density at radius 3 is 2.81 bits per heavy atom. The van der Waals surface area contributed by atoms with Crippen LogP contribution < -0.4 is 9.64 Å². The van der Waals surface area contributed by atoms with Crippen molar-refractivity contribution in [2.45, 2.75) is 37.5 Å². The van der Waals surface area contributed by atoms with Crippen LogP contribution in [0.4, 0.5) is 14.6 Å². The second-order valence-corrected chi connectivity index (χ2v) is 12.7. The maximum absolute atomic E-state index is 16.7. The number of carbonyl (C=O) groups is 1. The predicted octanol–water partition coefficient (Wildman–Crippen LogP) is 5.34. The Morgan fingerprint density at radius 2 is 2.04 bits per heavy atom. The van der Waals surface area contributed by atoms with Crippen molar-refractivity contribution in [3.05, 3.63) is 65.6 Å². The standard InChI is InChI=1S/C35H34ClF2N7O3/c36-28-8-2-6-22-5-1-7-26(30(22)28)32-31(38)33-27(18-40-32)34(44-14-15-45(23(19-44)10-12-39)29(46)9-3-11-37)42-35(41-33)47-16-4-13-43-20-25-17-24(43)21-48-25/h1-3,5-9,18,23-25H,4,10-11,13-17,19-21H2/b9-3+/t23-,24-,25-/m0/s1. The van der Waals surface area contributed by atoms with Gasteiger partial charge in [-0.15, -0.1) is 0 Å². The number of fused-ring (bicyclic) bond motifs is 4. The summed E-state index contributed by atoms with van der Waals surface area (Å²) in [6, 6.07) is 13.1. The van der Waals surface area contributed by atoms with Gasteiger partial charge in [-0.2, -0.15) is 15.2 Å². The number of amides is 1. The summed E-state index contributed by atoms with van der Waals surface area (Å²) in [6.45, 7) is 2.94. The van der Waals surface area contributed by atoms with Crippen LogP contribution in [0.2, 0.25) is 5.02 Å². The maximum Gasteiger partial charge on any atom is 0.319 e. The molecular formula is C35H34ClF2N7O3. The number of rotatable bonds is 10. The van der Waals surface area contributed by atoms with E-state index < -0.39 is 18.5 Å². The van der Waals surface area contributed by atoms with Gasteiger partial charge in [-0.1, -0.05) is 41.9 Å². The van der Waals surface area contributed by atoms with Crippen LogP contribution in [-0.4, -0.2) is 101 Å². The first-order valence-corrected chi connectivity index (χ1v) is 16.5. The van der Waals surface area contributed by atoms with Crippen molar-refractivity contribution in [3.8, 4) is 23.3 Å². The van der Waals surface area contributed by atoms with Crippen LogP contribution in [0.1, 0.15) is 19.3 Å². The van der Waals surface area contributed by atoms with E-state index in [1.54, 1.807) is 23.2 Å². The number of nitriles is 1. The van der Waals surface area contributed by atoms with Crippen molar-refractivity contribution >= 4 is 45.0 Å². The molecule has 2 aromatic carbocycles. The third kappa shape index (κ3) is 6.25. The number of aromatic nitrogens is 3. The Bertz CT molecular complexity index is 1920. The molecule has 248 valence electrons. The lowest BCUT2D eigenvalue weighted by atomic mass is 10.0. The first-order valence-electron chi connectivity index (χ1n) is 16.1. The number of piperazine rings is 1. The smallest absolute Gasteiger partial charge is 0.319 e. The van der Waals surface area contributed by atoms with Gasteiger partial charge in [0.05, 0.1) is 43.2 Å². The van der Waals surface area contributed by atoms with Crippen LogP contribution in [0.5, 0.6) is 6.01 Å². The number of ether oxygens (including phenoxy) is 2. The van der Waals surface area contributed by atoms with E-state index in [1.807, 2.05) is 29.2 Å². The normalized spacial score (nSPS) is 21.1. The Hall–Kier alpha value is -4.44. The number of nitrogens with zero attached hydrogens (tertiary/aromatic N) is 7. The SMILES string of the molecule is N#CC[C@H]1CN(c2nc(OCCCN3C[C@@H]4C[C@H]3CO4)nc3c(F)c(-c4cccc5cccc(Cl)c45)ncc23)CCN1C(=O)/C=C/CF. The first kappa shape index (κ1) is 32.1. The lowest BCUT2D eigenvalue weighted by molar-refractivity contribution is -0.128. The topological polar surface area (TPSA) is 108 Å². The van der Waals surface area contributed by atoms with E-state index in [1.165, 1.54) is 6.08 Å². The van der Waals surface area contributed by atoms with Gasteiger partial charge in [0.1, 0.15) is 23.7 Å². The van der Waals surface area contributed by atoms with Gasteiger partial charge in [-0.05, 0) is 30.4 Å². The van der Waals surface area contributed by atoms with E-state index in [0.29, 0.717) is 52.5 Å². The molecule has 7 rings (SSSR count). The number of halogens is 3. The Labute approximate surface area is 281 Å². The van der Waals surface area contributed by atoms with Crippen LogP contribution in [0.3, 0.4) is 0 Å². The number of hydrogen-bond donors (Lipinski definition) is 0. The second kappa shape index (κ2) is 14.0. The van der Waals surface area contributed by atoms with E-state index in [-0.39, 0.29) is 42.6 Å². The molecule has 5 heterocycles. The monoisotopic (exact) mass is 673 g/mol. The molecule has 3 saturated heterocycles. The average molecular weight is 674 g/mol. The number of morpholine rings is 1. The van der Waals surface area contributed by atoms with Gasteiger partial charge >= 0.3 is 6.01 Å². The minimum Gasteiger partial charge on any atom is -0.463 e. The van der Waals surface area contributed by atoms with E-state index in [2.05, 4.69) is 20.9 Å². The molecule has 2 bridgehead atoms. The van der Waals surface area contributed by atoms with Crippen LogP contribution in [0.25, 0.3) is 32.9 Å². The summed E-state index contributed by atoms with van der Waals surface area (Å²) in [7, 11) is 0. The molecule has 10 nitrogen and oxygen atoms in total. The summed E-state index contributed by atoms with van der Waals surface area (Å²) < 4.78 is 41.2. The van der Waals surface area contributed by atoms with Gasteiger partial charge in [0.2, 0.25) is 5.91 Å². The fourth-order valence-electron chi connectivity index (χ4n) is 7.05. The van der Waals surface area contributed by atoms with Crippen molar-refractivity contribution in [3.63, 3.8) is 0 Å². The third-order valence-corrected chi connectivity index (χ3v) is 9.64. The third-order valence-electron chi connectivity index (χ3n) is 9.33. The summed E-state index contributed by atoms with van der Waals surface area (Å²) in [5.41, 5.74) is 0.673. The van der Waals surface area contributed by atoms with Gasteiger partial charge in [-0.25, -0.2) is 8.78 Å². The number of anilines is 1. The van der Waals surface area contributed by atoms with E-state index in [4.69, 9.17) is 26.1 Å². The van der Waals surface area contributed by atoms with Crippen LogP contribution in [0.15, 0.2) is 54.7 Å². The van der Waals surface area contributed by atoms with Crippen molar-refractivity contribution in [2.24, 2.45) is 0 Å². The molecular weight excluding hydrogens is 640 g/mol. The molecule has 0 unspecified atom stereocenters. The summed E-state index contributed by atoms with van der Waals surface area (Å²) >= 11 is 6.59. The number of pyridine rings is 1. The highest BCUT2D eigenvalue weighted by Crippen LogP contribution is 2.38. The van der Waals surface area contributed by atoms with Gasteiger partial charge in [-0.3, -0.25) is 14.7 Å². The lowest BCUT2D eigenvalue weighted by Crippen LogP contribution is -2.55. The van der Waals surface area contributed by atoms with Crippen molar-refractivity contribution < 1.29 is 23.0 Å². The molecule has 0 N–H and O–H groups in total. The van der Waals surface area contributed by atoms with Crippen molar-refractivity contribution in [2.75, 3.05) is 57.5 Å². The predicted molar refractivity (Wildman–Crippen MR) is 178 cm³/mol. The summed E-state index contributed by atoms with van der Waals surface area (Å²) in [4.78, 5) is 32.5. The van der Waals surface area contributed by atoms with Crippen LogP contribution >= 0.6 is 11.6 Å². The number of benzene rings is 2. The zero-order valence-electron chi connectivity index (χ0n) is 26.2. The number of hydrogen-bond acceptors (Lipinski definition) is 9. The Kier molecular flexibility index (Phi) is 9.34. The van der Waals surface area contributed by atoms with Gasteiger partial charge in [0, 0.05) is 67.0 Å². The van der Waals surface area contributed by atoms with Gasteiger partial charge in [0.15, 0.2) is 5.82 Å². The average Bonchev–Trinajstić information content (AvgIpc) is 3.73. The molecule has 0 aliphatic carbocycles. The van der Waals surface area contributed by atoms with Crippen molar-refractivity contribution in [1.29, 1.82) is 5.26 Å². The Balaban J connectivity index is 1.23. The molecule has 13 heteroatoms. The first-order chi connectivity index (χ1) is 23.4. The van der Waals surface area contributed by atoms with E-state index in [9.17, 15) is 14.4 Å². The molecule has 0 radical (unpaired) electrons. The largest absolute Gasteiger partial charge is 0.463 e. The molecule has 2 aromatic heterocycles. The summed E-state index contributed by atoms with van der Waals surface area (Å²) in [6.07, 6.45) is 6.05. The maximum atomic E-state index is 16.7. The Morgan fingerprint density at radius 1 is 1.19 bits per heavy atom. The fraction of sp³-hybridized carbons (Fsp3) is 0.400. The van der Waals surface area contributed by atoms with Gasteiger partial charge in [0.25, 0.3) is 0 Å². The lowest BCUT2D eigenvalue weighted by Gasteiger charge is -2.41. The summed E-state index contributed by atoms with van der Waals surface area (Å²) in [5, 5.41) is 11.9. The van der Waals surface area contributed by atoms with Gasteiger partial charge < -0.3 is 19.3 Å². The van der Waals surface area contributed by atoms with Crippen LogP contribution in [0, 0.1) is 17.1 Å². The number of alkyl halides is 1. The highest BCUT2D eigenvalue weighted by atomic mass is 35.5. The molecule has 48 heavy (non-hydrogen) atoms. The number of allylic oxidation sites excluding steroid dienone is 1. The highest BCUT2D eigenvalue weighted by molar-refractivity contribution is 6.36. The minimum atomic E-state index is -0.761. The zero-order chi connectivity index (χ0) is 33.2. The summed E-state index contributed by atoms with van der Waals surface area (Å²) in [5.74, 6) is -0.611. The molecule has 3 aliphatic rings. The molecule has 0 spiro atoms. The molecule has 4 aromatic rings. The molecule has 1 amide bonds.